The number of rotatable bonds is 3. The highest BCUT2D eigenvalue weighted by molar-refractivity contribution is 9.10. The van der Waals surface area contributed by atoms with Gasteiger partial charge >= 0.3 is 0 Å². The summed E-state index contributed by atoms with van der Waals surface area (Å²) >= 11 is 3.49. The minimum absolute atomic E-state index is 0.0202. The third-order valence-corrected chi connectivity index (χ3v) is 5.38. The molecule has 2 aliphatic rings. The second-order valence-electron chi connectivity index (χ2n) is 6.12. The van der Waals surface area contributed by atoms with Gasteiger partial charge in [-0.3, -0.25) is 0 Å². The van der Waals surface area contributed by atoms with Crippen LogP contribution < -0.4 is 0 Å². The number of halogens is 1. The topological polar surface area (TPSA) is 27.7 Å². The molecule has 2 aromatic rings. The van der Waals surface area contributed by atoms with Crippen LogP contribution in [0.5, 0.6) is 0 Å². The lowest BCUT2D eigenvalue weighted by molar-refractivity contribution is -0.153. The molecule has 0 saturated carbocycles. The van der Waals surface area contributed by atoms with Crippen molar-refractivity contribution in [1.29, 1.82) is 0 Å². The van der Waals surface area contributed by atoms with Crippen molar-refractivity contribution in [3.05, 3.63) is 70.2 Å². The fourth-order valence-corrected chi connectivity index (χ4v) is 4.05. The molecule has 2 saturated heterocycles. The van der Waals surface area contributed by atoms with Gasteiger partial charge in [-0.15, -0.1) is 0 Å². The van der Waals surface area contributed by atoms with E-state index in [-0.39, 0.29) is 24.4 Å². The van der Waals surface area contributed by atoms with Gasteiger partial charge in [-0.05, 0) is 23.3 Å². The first-order valence-electron chi connectivity index (χ1n) is 7.88. The maximum Gasteiger partial charge on any atom is 0.164 e. The SMILES string of the molecule is CO[C@@H]1O[C@@H](c2ccccc2)[C@H]2CO[C@@H](c3ccc(Br)cc3)[C@@H]12. The van der Waals surface area contributed by atoms with E-state index >= 15 is 0 Å². The molecule has 2 heterocycles. The molecule has 120 valence electrons. The number of methoxy groups -OCH3 is 1. The maximum atomic E-state index is 6.23. The van der Waals surface area contributed by atoms with Crippen LogP contribution in [0.2, 0.25) is 0 Å². The van der Waals surface area contributed by atoms with Crippen molar-refractivity contribution < 1.29 is 14.2 Å². The Morgan fingerprint density at radius 1 is 0.957 bits per heavy atom. The van der Waals surface area contributed by atoms with Crippen molar-refractivity contribution in [3.63, 3.8) is 0 Å². The molecule has 0 N–H and O–H groups in total. The largest absolute Gasteiger partial charge is 0.373 e. The molecule has 0 spiro atoms. The first kappa shape index (κ1) is 15.3. The summed E-state index contributed by atoms with van der Waals surface area (Å²) in [7, 11) is 1.71. The third kappa shape index (κ3) is 2.74. The van der Waals surface area contributed by atoms with Crippen LogP contribution in [0.1, 0.15) is 23.3 Å². The molecule has 4 rings (SSSR count). The van der Waals surface area contributed by atoms with Crippen LogP contribution in [0.25, 0.3) is 0 Å². The first-order valence-corrected chi connectivity index (χ1v) is 8.67. The minimum Gasteiger partial charge on any atom is -0.373 e. The Labute approximate surface area is 144 Å². The number of hydrogen-bond acceptors (Lipinski definition) is 3. The summed E-state index contributed by atoms with van der Waals surface area (Å²) in [5.74, 6) is 0.530. The molecular formula is C19H19BrO3. The van der Waals surface area contributed by atoms with E-state index < -0.39 is 0 Å². The number of hydrogen-bond donors (Lipinski definition) is 0. The Morgan fingerprint density at radius 2 is 1.65 bits per heavy atom. The third-order valence-electron chi connectivity index (χ3n) is 4.86. The number of ether oxygens (including phenoxy) is 3. The zero-order chi connectivity index (χ0) is 15.8. The van der Waals surface area contributed by atoms with Gasteiger partial charge in [0, 0.05) is 23.4 Å². The van der Waals surface area contributed by atoms with E-state index in [0.29, 0.717) is 12.5 Å². The smallest absolute Gasteiger partial charge is 0.164 e. The summed E-state index contributed by atoms with van der Waals surface area (Å²) in [6, 6.07) is 18.7. The van der Waals surface area contributed by atoms with Crippen LogP contribution in [0.4, 0.5) is 0 Å². The molecule has 0 radical (unpaired) electrons. The van der Waals surface area contributed by atoms with Crippen LogP contribution >= 0.6 is 15.9 Å². The molecule has 0 aromatic heterocycles. The Morgan fingerprint density at radius 3 is 2.35 bits per heavy atom. The lowest BCUT2D eigenvalue weighted by atomic mass is 9.84. The lowest BCUT2D eigenvalue weighted by Crippen LogP contribution is -2.24. The van der Waals surface area contributed by atoms with Crippen molar-refractivity contribution in [2.24, 2.45) is 11.8 Å². The molecule has 23 heavy (non-hydrogen) atoms. The predicted molar refractivity (Wildman–Crippen MR) is 90.9 cm³/mol. The van der Waals surface area contributed by atoms with E-state index in [0.717, 1.165) is 4.47 Å². The number of fused-ring (bicyclic) bond motifs is 1. The second kappa shape index (κ2) is 6.36. The molecule has 5 atom stereocenters. The summed E-state index contributed by atoms with van der Waals surface area (Å²) in [6.07, 6.45) is -0.181. The highest BCUT2D eigenvalue weighted by atomic mass is 79.9. The predicted octanol–water partition coefficient (Wildman–Crippen LogP) is 4.50. The average molecular weight is 375 g/mol. The van der Waals surface area contributed by atoms with Gasteiger partial charge in [0.15, 0.2) is 6.29 Å². The van der Waals surface area contributed by atoms with E-state index in [1.807, 2.05) is 6.07 Å². The van der Waals surface area contributed by atoms with Crippen molar-refractivity contribution in [1.82, 2.24) is 0 Å². The van der Waals surface area contributed by atoms with Crippen LogP contribution in [-0.4, -0.2) is 20.0 Å². The molecule has 2 aliphatic heterocycles. The molecule has 0 unspecified atom stereocenters. The normalized spacial score (nSPS) is 32.9. The van der Waals surface area contributed by atoms with Crippen molar-refractivity contribution in [3.8, 4) is 0 Å². The van der Waals surface area contributed by atoms with Gasteiger partial charge in [0.1, 0.15) is 0 Å². The Balaban J connectivity index is 1.64. The van der Waals surface area contributed by atoms with Gasteiger partial charge in [0.25, 0.3) is 0 Å². The van der Waals surface area contributed by atoms with E-state index in [4.69, 9.17) is 14.2 Å². The minimum atomic E-state index is -0.235. The highest BCUT2D eigenvalue weighted by Gasteiger charge is 2.53. The fourth-order valence-electron chi connectivity index (χ4n) is 3.78. The first-order chi connectivity index (χ1) is 11.3. The van der Waals surface area contributed by atoms with E-state index in [1.165, 1.54) is 11.1 Å². The van der Waals surface area contributed by atoms with Crippen LogP contribution in [0.3, 0.4) is 0 Å². The van der Waals surface area contributed by atoms with E-state index in [2.05, 4.69) is 64.5 Å². The Bertz CT molecular complexity index is 658. The number of benzene rings is 2. The standard InChI is InChI=1S/C19H19BrO3/c1-21-19-16-15(17(23-19)12-5-3-2-4-6-12)11-22-18(16)13-7-9-14(20)10-8-13/h2-10,15-19H,11H2,1H3/t15-,16-,17-,18-,19+/m0/s1. The summed E-state index contributed by atoms with van der Waals surface area (Å²) in [5, 5.41) is 0. The second-order valence-corrected chi connectivity index (χ2v) is 7.03. The Kier molecular flexibility index (Phi) is 4.24. The van der Waals surface area contributed by atoms with Gasteiger partial charge in [-0.2, -0.15) is 0 Å². The van der Waals surface area contributed by atoms with E-state index in [9.17, 15) is 0 Å². The molecule has 0 amide bonds. The Hall–Kier alpha value is -1.20. The molecule has 2 aromatic carbocycles. The van der Waals surface area contributed by atoms with Crippen molar-refractivity contribution in [2.45, 2.75) is 18.5 Å². The quantitative estimate of drug-likeness (QED) is 0.791. The summed E-state index contributed by atoms with van der Waals surface area (Å²) in [5.41, 5.74) is 2.38. The summed E-state index contributed by atoms with van der Waals surface area (Å²) in [4.78, 5) is 0. The van der Waals surface area contributed by atoms with Gasteiger partial charge in [0.05, 0.1) is 18.8 Å². The molecule has 0 bridgehead atoms. The molecule has 2 fully saturated rings. The van der Waals surface area contributed by atoms with Crippen LogP contribution in [0.15, 0.2) is 59.1 Å². The lowest BCUT2D eigenvalue weighted by Gasteiger charge is -2.22. The van der Waals surface area contributed by atoms with Gasteiger partial charge in [0.2, 0.25) is 0 Å². The monoisotopic (exact) mass is 374 g/mol. The van der Waals surface area contributed by atoms with Crippen LogP contribution in [-0.2, 0) is 14.2 Å². The van der Waals surface area contributed by atoms with Gasteiger partial charge in [-0.25, -0.2) is 0 Å². The molecule has 4 heteroatoms. The summed E-state index contributed by atoms with van der Waals surface area (Å²) < 4.78 is 19.1. The van der Waals surface area contributed by atoms with Gasteiger partial charge in [-0.1, -0.05) is 58.4 Å². The van der Waals surface area contributed by atoms with Crippen molar-refractivity contribution >= 4 is 15.9 Å². The fraction of sp³-hybridized carbons (Fsp3) is 0.368. The maximum absolute atomic E-state index is 6.23. The van der Waals surface area contributed by atoms with Crippen molar-refractivity contribution in [2.75, 3.05) is 13.7 Å². The summed E-state index contributed by atoms with van der Waals surface area (Å²) in [6.45, 7) is 0.699. The molecule has 0 aliphatic carbocycles. The molecule has 3 nitrogen and oxygen atoms in total. The molecular weight excluding hydrogens is 356 g/mol. The average Bonchev–Trinajstić information content (AvgIpc) is 3.17. The van der Waals surface area contributed by atoms with E-state index in [1.54, 1.807) is 7.11 Å². The zero-order valence-corrected chi connectivity index (χ0v) is 14.5. The van der Waals surface area contributed by atoms with Crippen LogP contribution in [0, 0.1) is 11.8 Å². The highest BCUT2D eigenvalue weighted by Crippen LogP contribution is 2.53. The zero-order valence-electron chi connectivity index (χ0n) is 12.9. The van der Waals surface area contributed by atoms with Gasteiger partial charge < -0.3 is 14.2 Å².